The number of amides is 1. The second-order valence-electron chi connectivity index (χ2n) is 18.5. The van der Waals surface area contributed by atoms with E-state index in [4.69, 9.17) is 10.5 Å². The van der Waals surface area contributed by atoms with Crippen molar-refractivity contribution in [3.8, 4) is 0 Å². The molecule has 9 nitrogen and oxygen atoms in total. The Balaban J connectivity index is 0.967. The van der Waals surface area contributed by atoms with Gasteiger partial charge in [0.05, 0.1) is 13.2 Å². The molecule has 4 saturated carbocycles. The summed E-state index contributed by atoms with van der Waals surface area (Å²) >= 11 is 0. The van der Waals surface area contributed by atoms with Gasteiger partial charge in [-0.1, -0.05) is 51.1 Å². The fraction of sp³-hybridized carbons (Fsp3) is 0.818. The molecule has 6 rings (SSSR count). The number of piperazine rings is 1. The first kappa shape index (κ1) is 40.6. The Morgan fingerprint density at radius 3 is 2.32 bits per heavy atom. The van der Waals surface area contributed by atoms with Crippen LogP contribution in [0.3, 0.4) is 0 Å². The predicted octanol–water partition coefficient (Wildman–Crippen LogP) is 5.25. The molecule has 1 aromatic rings. The van der Waals surface area contributed by atoms with Gasteiger partial charge < -0.3 is 36.0 Å². The Hall–Kier alpha value is -2.04. The first-order valence-corrected chi connectivity index (χ1v) is 21.5. The van der Waals surface area contributed by atoms with Gasteiger partial charge in [0.1, 0.15) is 6.04 Å². The number of nitrogens with two attached hydrogens (primary N) is 1. The largest absolute Gasteiger partial charge is 0.467 e. The summed E-state index contributed by atoms with van der Waals surface area (Å²) in [5.41, 5.74) is 7.23. The molecule has 0 radical (unpaired) electrons. The lowest BCUT2D eigenvalue weighted by Gasteiger charge is -2.62. The van der Waals surface area contributed by atoms with Crippen LogP contribution >= 0.6 is 0 Å². The molecule has 1 aromatic carbocycles. The van der Waals surface area contributed by atoms with Crippen molar-refractivity contribution in [2.75, 3.05) is 59.5 Å². The van der Waals surface area contributed by atoms with E-state index in [1.165, 1.54) is 91.2 Å². The molecule has 1 saturated heterocycles. The van der Waals surface area contributed by atoms with Crippen molar-refractivity contribution in [3.63, 3.8) is 0 Å². The minimum atomic E-state index is -0.679. The maximum absolute atomic E-state index is 13.2. The number of nitrogens with one attached hydrogen (secondary N) is 2. The summed E-state index contributed by atoms with van der Waals surface area (Å²) in [6.45, 7) is 16.4. The van der Waals surface area contributed by atoms with Crippen LogP contribution in [0.5, 0.6) is 0 Å². The van der Waals surface area contributed by atoms with Gasteiger partial charge in [0.25, 0.3) is 0 Å². The SMILES string of the molecule is COC(=O)[C@H](Cc1ccccc1)NC(=O)CC[C@@H](C)C1CCC2C3C(CC[C@@]21C)[C@@]1(C)CC[C@H](NCCCN2CCN(CCCN)CC2)C[C@H]1C[C@H]3O. The van der Waals surface area contributed by atoms with Gasteiger partial charge in [-0.2, -0.15) is 0 Å². The highest BCUT2D eigenvalue weighted by molar-refractivity contribution is 5.84. The number of esters is 1. The number of methoxy groups -OCH3 is 1. The van der Waals surface area contributed by atoms with E-state index < -0.39 is 12.0 Å². The van der Waals surface area contributed by atoms with Gasteiger partial charge in [0.15, 0.2) is 0 Å². The maximum Gasteiger partial charge on any atom is 0.328 e. The number of carbonyl (C=O) groups excluding carboxylic acids is 2. The summed E-state index contributed by atoms with van der Waals surface area (Å²) in [6, 6.07) is 9.68. The Kier molecular flexibility index (Phi) is 14.0. The van der Waals surface area contributed by atoms with E-state index in [1.54, 1.807) is 0 Å². The first-order chi connectivity index (χ1) is 25.6. The second-order valence-corrected chi connectivity index (χ2v) is 18.5. The number of nitrogens with zero attached hydrogens (tertiary/aromatic N) is 2. The quantitative estimate of drug-likeness (QED) is 0.134. The van der Waals surface area contributed by atoms with Crippen LogP contribution in [0, 0.1) is 46.3 Å². The molecule has 0 aromatic heterocycles. The maximum atomic E-state index is 13.2. The summed E-state index contributed by atoms with van der Waals surface area (Å²) < 4.78 is 5.03. The Labute approximate surface area is 320 Å². The van der Waals surface area contributed by atoms with Crippen LogP contribution in [0.4, 0.5) is 0 Å². The number of hydrogen-bond acceptors (Lipinski definition) is 8. The van der Waals surface area contributed by atoms with E-state index in [1.807, 2.05) is 30.3 Å². The van der Waals surface area contributed by atoms with E-state index in [0.717, 1.165) is 44.5 Å². The smallest absolute Gasteiger partial charge is 0.328 e. The van der Waals surface area contributed by atoms with Crippen LogP contribution < -0.4 is 16.4 Å². The number of carbonyl (C=O) groups is 2. The van der Waals surface area contributed by atoms with Crippen molar-refractivity contribution in [2.45, 2.75) is 122 Å². The number of hydrogen-bond donors (Lipinski definition) is 4. The Bertz CT molecular complexity index is 1320. The van der Waals surface area contributed by atoms with Gasteiger partial charge in [-0.3, -0.25) is 4.79 Å². The molecule has 1 amide bonds. The number of ether oxygens (including phenoxy) is 1. The predicted molar refractivity (Wildman–Crippen MR) is 212 cm³/mol. The topological polar surface area (TPSA) is 120 Å². The number of benzene rings is 1. The molecule has 1 heterocycles. The van der Waals surface area contributed by atoms with Crippen LogP contribution in [0.1, 0.15) is 103 Å². The fourth-order valence-corrected chi connectivity index (χ4v) is 12.6. The van der Waals surface area contributed by atoms with Crippen molar-refractivity contribution in [3.05, 3.63) is 35.9 Å². The van der Waals surface area contributed by atoms with Gasteiger partial charge in [0, 0.05) is 45.1 Å². The third-order valence-electron chi connectivity index (χ3n) is 15.6. The summed E-state index contributed by atoms with van der Waals surface area (Å²) in [7, 11) is 1.38. The molecular formula is C44H73N5O4. The van der Waals surface area contributed by atoms with Gasteiger partial charge in [0.2, 0.25) is 5.91 Å². The van der Waals surface area contributed by atoms with E-state index in [9.17, 15) is 14.7 Å². The third-order valence-corrected chi connectivity index (χ3v) is 15.6. The van der Waals surface area contributed by atoms with Crippen molar-refractivity contribution in [2.24, 2.45) is 52.1 Å². The molecule has 9 heteroatoms. The Morgan fingerprint density at radius 2 is 1.62 bits per heavy atom. The number of aliphatic hydroxyl groups is 1. The third kappa shape index (κ3) is 9.33. The van der Waals surface area contributed by atoms with Crippen LogP contribution in [0.25, 0.3) is 0 Å². The number of rotatable bonds is 16. The minimum absolute atomic E-state index is 0.0777. The van der Waals surface area contributed by atoms with E-state index >= 15 is 0 Å². The lowest BCUT2D eigenvalue weighted by atomic mass is 9.43. The van der Waals surface area contributed by atoms with Gasteiger partial charge >= 0.3 is 5.97 Å². The standard InChI is InChI=1S/C44H73N5O4/c1-31(12-15-40(51)47-38(42(52)53-4)28-32-10-6-5-7-11-32)35-13-14-36-41-37(17-19-44(35,36)3)43(2)18-16-34(29-33(43)30-39(41)50)46-21-9-23-49-26-24-48(25-27-49)22-8-20-45/h5-7,10-11,31,33-39,41,46,50H,8-9,12-30,45H2,1-4H3,(H,47,51)/t31-,33+,34+,35?,36?,37?,38+,39-,41?,43+,44-/m1/s1. The van der Waals surface area contributed by atoms with Crippen molar-refractivity contribution in [1.82, 2.24) is 20.4 Å². The lowest BCUT2D eigenvalue weighted by molar-refractivity contribution is -0.167. The second kappa shape index (κ2) is 18.3. The fourth-order valence-electron chi connectivity index (χ4n) is 12.6. The Morgan fingerprint density at radius 1 is 0.943 bits per heavy atom. The molecule has 0 spiro atoms. The highest BCUT2D eigenvalue weighted by atomic mass is 16.5. The summed E-state index contributed by atoms with van der Waals surface area (Å²) in [5, 5.41) is 18.9. The summed E-state index contributed by atoms with van der Waals surface area (Å²) in [5.74, 6) is 2.65. The summed E-state index contributed by atoms with van der Waals surface area (Å²) in [4.78, 5) is 30.9. The van der Waals surface area contributed by atoms with E-state index in [-0.39, 0.29) is 17.4 Å². The monoisotopic (exact) mass is 736 g/mol. The van der Waals surface area contributed by atoms with Crippen LogP contribution in [0.15, 0.2) is 30.3 Å². The van der Waals surface area contributed by atoms with E-state index in [0.29, 0.717) is 59.8 Å². The molecule has 5 fully saturated rings. The molecule has 4 aliphatic carbocycles. The molecule has 0 bridgehead atoms. The van der Waals surface area contributed by atoms with Crippen LogP contribution in [0.2, 0.25) is 0 Å². The van der Waals surface area contributed by atoms with Gasteiger partial charge in [-0.25, -0.2) is 4.79 Å². The zero-order valence-electron chi connectivity index (χ0n) is 33.6. The van der Waals surface area contributed by atoms with Crippen molar-refractivity contribution < 1.29 is 19.4 Å². The first-order valence-electron chi connectivity index (χ1n) is 21.5. The number of fused-ring (bicyclic) bond motifs is 5. The molecule has 5 aliphatic rings. The lowest BCUT2D eigenvalue weighted by Crippen LogP contribution is -2.59. The van der Waals surface area contributed by atoms with Crippen molar-refractivity contribution >= 4 is 11.9 Å². The number of aliphatic hydroxyl groups excluding tert-OH is 1. The highest BCUT2D eigenvalue weighted by Crippen LogP contribution is 2.68. The average Bonchev–Trinajstić information content (AvgIpc) is 3.52. The zero-order chi connectivity index (χ0) is 37.6. The van der Waals surface area contributed by atoms with Crippen LogP contribution in [-0.4, -0.2) is 104 Å². The molecule has 53 heavy (non-hydrogen) atoms. The molecule has 11 atom stereocenters. The molecular weight excluding hydrogens is 663 g/mol. The van der Waals surface area contributed by atoms with Gasteiger partial charge in [-0.05, 0) is 149 Å². The summed E-state index contributed by atoms with van der Waals surface area (Å²) in [6.07, 6.45) is 13.3. The molecule has 1 aliphatic heterocycles. The van der Waals surface area contributed by atoms with Crippen LogP contribution in [-0.2, 0) is 20.7 Å². The minimum Gasteiger partial charge on any atom is -0.467 e. The molecule has 5 N–H and O–H groups in total. The zero-order valence-corrected chi connectivity index (χ0v) is 33.6. The highest BCUT2D eigenvalue weighted by Gasteiger charge is 2.62. The average molecular weight is 736 g/mol. The van der Waals surface area contributed by atoms with E-state index in [2.05, 4.69) is 41.2 Å². The van der Waals surface area contributed by atoms with Crippen molar-refractivity contribution in [1.29, 1.82) is 0 Å². The molecule has 4 unspecified atom stereocenters. The van der Waals surface area contributed by atoms with Gasteiger partial charge in [-0.15, -0.1) is 0 Å². The molecule has 298 valence electrons. The normalized spacial score (nSPS) is 35.8.